The summed E-state index contributed by atoms with van der Waals surface area (Å²) in [4.78, 5) is 0. The Morgan fingerprint density at radius 3 is 2.71 bits per heavy atom. The van der Waals surface area contributed by atoms with Crippen molar-refractivity contribution in [1.82, 2.24) is 19.8 Å². The molecule has 0 fully saturated rings. The fraction of sp³-hybridized carbons (Fsp3) is 0.700. The molecule has 0 aromatic carbocycles. The Kier molecular flexibility index (Phi) is 5.10. The molecule has 0 aliphatic rings. The molecular weight excluding hydrogens is 240 g/mol. The maximum absolute atomic E-state index is 11.3. The van der Waals surface area contributed by atoms with Crippen molar-refractivity contribution in [3.05, 3.63) is 17.5 Å². The summed E-state index contributed by atoms with van der Waals surface area (Å²) in [6.45, 7) is 5.26. The lowest BCUT2D eigenvalue weighted by Gasteiger charge is -2.06. The number of aromatic nitrogens is 2. The molecule has 98 valence electrons. The van der Waals surface area contributed by atoms with Crippen LogP contribution in [0.3, 0.4) is 0 Å². The molecule has 0 unspecified atom stereocenters. The SMILES string of the molecule is CCNS(=O)(=O)CCNCc1cnn(C)c1C. The summed E-state index contributed by atoms with van der Waals surface area (Å²) >= 11 is 0. The van der Waals surface area contributed by atoms with Gasteiger partial charge in [-0.2, -0.15) is 5.10 Å². The average Bonchev–Trinajstić information content (AvgIpc) is 2.55. The van der Waals surface area contributed by atoms with Crippen LogP contribution in [0.2, 0.25) is 0 Å². The van der Waals surface area contributed by atoms with E-state index >= 15 is 0 Å². The highest BCUT2D eigenvalue weighted by Gasteiger charge is 2.08. The van der Waals surface area contributed by atoms with Crippen molar-refractivity contribution in [2.75, 3.05) is 18.8 Å². The molecule has 0 radical (unpaired) electrons. The van der Waals surface area contributed by atoms with E-state index in [-0.39, 0.29) is 5.75 Å². The van der Waals surface area contributed by atoms with E-state index in [0.29, 0.717) is 19.6 Å². The second-order valence-electron chi connectivity index (χ2n) is 3.87. The van der Waals surface area contributed by atoms with Gasteiger partial charge in [-0.05, 0) is 6.92 Å². The first kappa shape index (κ1) is 14.1. The molecule has 0 aliphatic heterocycles. The van der Waals surface area contributed by atoms with Gasteiger partial charge >= 0.3 is 0 Å². The third-order valence-corrected chi connectivity index (χ3v) is 4.03. The normalized spacial score (nSPS) is 11.9. The molecule has 17 heavy (non-hydrogen) atoms. The minimum Gasteiger partial charge on any atom is -0.311 e. The molecule has 2 N–H and O–H groups in total. The number of nitrogens with zero attached hydrogens (tertiary/aromatic N) is 2. The second kappa shape index (κ2) is 6.13. The summed E-state index contributed by atoms with van der Waals surface area (Å²) in [5.41, 5.74) is 2.18. The molecule has 1 rings (SSSR count). The topological polar surface area (TPSA) is 76.0 Å². The monoisotopic (exact) mass is 260 g/mol. The molecule has 0 saturated heterocycles. The van der Waals surface area contributed by atoms with E-state index in [9.17, 15) is 8.42 Å². The number of hydrogen-bond acceptors (Lipinski definition) is 4. The second-order valence-corrected chi connectivity index (χ2v) is 5.80. The van der Waals surface area contributed by atoms with Crippen LogP contribution in [0.1, 0.15) is 18.2 Å². The van der Waals surface area contributed by atoms with Crippen molar-refractivity contribution in [1.29, 1.82) is 0 Å². The fourth-order valence-corrected chi connectivity index (χ4v) is 2.44. The van der Waals surface area contributed by atoms with Gasteiger partial charge in [0.2, 0.25) is 10.0 Å². The highest BCUT2D eigenvalue weighted by atomic mass is 32.2. The summed E-state index contributed by atoms with van der Waals surface area (Å²) in [7, 11) is -1.24. The van der Waals surface area contributed by atoms with E-state index in [4.69, 9.17) is 0 Å². The van der Waals surface area contributed by atoms with Gasteiger partial charge in [-0.15, -0.1) is 0 Å². The lowest BCUT2D eigenvalue weighted by atomic mass is 10.2. The molecule has 0 atom stereocenters. The number of nitrogens with one attached hydrogen (secondary N) is 2. The highest BCUT2D eigenvalue weighted by molar-refractivity contribution is 7.89. The lowest BCUT2D eigenvalue weighted by Crippen LogP contribution is -2.31. The van der Waals surface area contributed by atoms with Crippen LogP contribution in [0.4, 0.5) is 0 Å². The largest absolute Gasteiger partial charge is 0.311 e. The minimum atomic E-state index is -3.12. The first-order valence-electron chi connectivity index (χ1n) is 5.62. The summed E-state index contributed by atoms with van der Waals surface area (Å²) in [5.74, 6) is 0.0974. The van der Waals surface area contributed by atoms with E-state index in [1.54, 1.807) is 17.8 Å². The van der Waals surface area contributed by atoms with E-state index in [1.165, 1.54) is 0 Å². The van der Waals surface area contributed by atoms with E-state index in [2.05, 4.69) is 15.1 Å². The van der Waals surface area contributed by atoms with Crippen molar-refractivity contribution < 1.29 is 8.42 Å². The summed E-state index contributed by atoms with van der Waals surface area (Å²) in [6.07, 6.45) is 1.79. The summed E-state index contributed by atoms with van der Waals surface area (Å²) in [5, 5.41) is 7.22. The van der Waals surface area contributed by atoms with Gasteiger partial charge in [0.15, 0.2) is 0 Å². The Balaban J connectivity index is 2.32. The maximum Gasteiger partial charge on any atom is 0.212 e. The minimum absolute atomic E-state index is 0.0974. The summed E-state index contributed by atoms with van der Waals surface area (Å²) in [6, 6.07) is 0. The van der Waals surface area contributed by atoms with Crippen molar-refractivity contribution in [2.45, 2.75) is 20.4 Å². The first-order valence-corrected chi connectivity index (χ1v) is 7.27. The number of sulfonamides is 1. The van der Waals surface area contributed by atoms with Gasteiger partial charge < -0.3 is 5.32 Å². The van der Waals surface area contributed by atoms with Gasteiger partial charge in [0.25, 0.3) is 0 Å². The number of rotatable bonds is 7. The maximum atomic E-state index is 11.3. The number of hydrogen-bond donors (Lipinski definition) is 2. The van der Waals surface area contributed by atoms with Crippen LogP contribution < -0.4 is 10.0 Å². The zero-order valence-electron chi connectivity index (χ0n) is 10.5. The molecule has 0 amide bonds. The average molecular weight is 260 g/mol. The molecule has 0 saturated carbocycles. The van der Waals surface area contributed by atoms with E-state index in [1.807, 2.05) is 14.0 Å². The zero-order valence-corrected chi connectivity index (χ0v) is 11.3. The predicted octanol–water partition coefficient (Wildman–Crippen LogP) is -0.243. The van der Waals surface area contributed by atoms with Gasteiger partial charge in [-0.1, -0.05) is 6.92 Å². The third-order valence-electron chi connectivity index (χ3n) is 2.56. The smallest absolute Gasteiger partial charge is 0.212 e. The van der Waals surface area contributed by atoms with Crippen LogP contribution >= 0.6 is 0 Å². The Hall–Kier alpha value is -0.920. The molecule has 1 aromatic heterocycles. The molecular formula is C10H20N4O2S. The molecule has 1 heterocycles. The van der Waals surface area contributed by atoms with Crippen LogP contribution in [0.5, 0.6) is 0 Å². The zero-order chi connectivity index (χ0) is 12.9. The molecule has 0 spiro atoms. The Morgan fingerprint density at radius 1 is 1.47 bits per heavy atom. The first-order chi connectivity index (χ1) is 7.96. The van der Waals surface area contributed by atoms with Crippen LogP contribution in [0.15, 0.2) is 6.20 Å². The molecule has 0 bridgehead atoms. The van der Waals surface area contributed by atoms with Gasteiger partial charge in [-0.25, -0.2) is 13.1 Å². The standard InChI is InChI=1S/C10H20N4O2S/c1-4-13-17(15,16)6-5-11-7-10-8-12-14(3)9(10)2/h8,11,13H,4-7H2,1-3H3. The van der Waals surface area contributed by atoms with Gasteiger partial charge in [-0.3, -0.25) is 4.68 Å². The van der Waals surface area contributed by atoms with Gasteiger partial charge in [0.1, 0.15) is 0 Å². The number of aryl methyl sites for hydroxylation is 1. The molecule has 0 aliphatic carbocycles. The lowest BCUT2D eigenvalue weighted by molar-refractivity contribution is 0.578. The van der Waals surface area contributed by atoms with Gasteiger partial charge in [0, 0.05) is 37.9 Å². The summed E-state index contributed by atoms with van der Waals surface area (Å²) < 4.78 is 26.9. The van der Waals surface area contributed by atoms with Crippen molar-refractivity contribution >= 4 is 10.0 Å². The highest BCUT2D eigenvalue weighted by Crippen LogP contribution is 2.04. The van der Waals surface area contributed by atoms with Crippen LogP contribution in [-0.4, -0.2) is 37.0 Å². The molecule has 1 aromatic rings. The Morgan fingerprint density at radius 2 is 2.18 bits per heavy atom. The Labute approximate surface area is 102 Å². The van der Waals surface area contributed by atoms with Crippen molar-refractivity contribution in [3.63, 3.8) is 0 Å². The van der Waals surface area contributed by atoms with E-state index < -0.39 is 10.0 Å². The molecule has 7 heteroatoms. The van der Waals surface area contributed by atoms with Crippen molar-refractivity contribution in [3.8, 4) is 0 Å². The van der Waals surface area contributed by atoms with Crippen LogP contribution in [-0.2, 0) is 23.6 Å². The van der Waals surface area contributed by atoms with Crippen molar-refractivity contribution in [2.24, 2.45) is 7.05 Å². The quantitative estimate of drug-likeness (QED) is 0.663. The van der Waals surface area contributed by atoms with E-state index in [0.717, 1.165) is 11.3 Å². The predicted molar refractivity (Wildman–Crippen MR) is 67.1 cm³/mol. The molecule has 6 nitrogen and oxygen atoms in total. The van der Waals surface area contributed by atoms with Crippen LogP contribution in [0.25, 0.3) is 0 Å². The fourth-order valence-electron chi connectivity index (χ4n) is 1.44. The van der Waals surface area contributed by atoms with Crippen LogP contribution in [0, 0.1) is 6.92 Å². The Bertz CT molecular complexity index is 453. The third kappa shape index (κ3) is 4.45. The van der Waals surface area contributed by atoms with Gasteiger partial charge in [0.05, 0.1) is 11.9 Å².